The van der Waals surface area contributed by atoms with Gasteiger partial charge in [0.15, 0.2) is 34.9 Å². The predicted octanol–water partition coefficient (Wildman–Crippen LogP) is 9.08. The lowest BCUT2D eigenvalue weighted by atomic mass is 10.1. The van der Waals surface area contributed by atoms with E-state index in [1.165, 1.54) is 100 Å². The Kier molecular flexibility index (Phi) is 23.4. The molecule has 114 heavy (non-hydrogen) atoms. The number of pyridine rings is 2. The summed E-state index contributed by atoms with van der Waals surface area (Å²) in [4.78, 5) is 94.7. The number of aliphatic hydroxyl groups is 6. The first kappa shape index (κ1) is 80.1. The van der Waals surface area contributed by atoms with E-state index >= 15 is 0 Å². The third-order valence-electron chi connectivity index (χ3n) is 19.1. The summed E-state index contributed by atoms with van der Waals surface area (Å²) in [5.74, 6) is 1.77. The van der Waals surface area contributed by atoms with Crippen molar-refractivity contribution in [1.29, 1.82) is 0 Å². The Labute approximate surface area is 642 Å². The summed E-state index contributed by atoms with van der Waals surface area (Å²) in [6, 6.07) is 16.6. The van der Waals surface area contributed by atoms with Crippen molar-refractivity contribution in [3.05, 3.63) is 156 Å². The van der Waals surface area contributed by atoms with Gasteiger partial charge in [-0.15, -0.1) is 0 Å². The molecule has 3 fully saturated rings. The van der Waals surface area contributed by atoms with Crippen LogP contribution >= 0.6 is 0 Å². The first-order valence-corrected chi connectivity index (χ1v) is 35.6. The van der Waals surface area contributed by atoms with E-state index in [2.05, 4.69) is 80.5 Å². The Morgan fingerprint density at radius 1 is 0.456 bits per heavy atom. The van der Waals surface area contributed by atoms with E-state index in [0.717, 1.165) is 36.4 Å². The molecule has 31 nitrogen and oxygen atoms in total. The van der Waals surface area contributed by atoms with Crippen LogP contribution in [-0.4, -0.2) is 214 Å². The minimum absolute atomic E-state index is 0.0585. The van der Waals surface area contributed by atoms with Crippen LogP contribution in [0.25, 0.3) is 34.2 Å². The average molecular weight is 1590 g/mol. The highest BCUT2D eigenvalue weighted by atomic mass is 19.4. The summed E-state index contributed by atoms with van der Waals surface area (Å²) in [5.41, 5.74) is 2.40. The first-order valence-electron chi connectivity index (χ1n) is 35.6. The highest BCUT2D eigenvalue weighted by Gasteiger charge is 2.46. The summed E-state index contributed by atoms with van der Waals surface area (Å²) < 4.78 is 136. The normalized spacial score (nSPS) is 17.3. The number of alkyl halides is 9. The van der Waals surface area contributed by atoms with Crippen LogP contribution in [-0.2, 0) is 18.5 Å². The maximum atomic E-state index is 13.5. The lowest BCUT2D eigenvalue weighted by Gasteiger charge is -2.36. The van der Waals surface area contributed by atoms with Crippen molar-refractivity contribution in [3.8, 4) is 51.5 Å². The number of ether oxygens (including phenoxy) is 3. The van der Waals surface area contributed by atoms with Gasteiger partial charge >= 0.3 is 36.6 Å². The summed E-state index contributed by atoms with van der Waals surface area (Å²) in [6.45, 7) is 7.08. The van der Waals surface area contributed by atoms with Gasteiger partial charge < -0.3 is 70.2 Å². The third kappa shape index (κ3) is 17.9. The molecule has 6 aliphatic rings. The Bertz CT molecular complexity index is 4550. The van der Waals surface area contributed by atoms with Crippen molar-refractivity contribution in [1.82, 2.24) is 49.8 Å². The maximum absolute atomic E-state index is 13.5. The minimum Gasteiger partial charge on any atom is -0.489 e. The number of halogens is 9. The second kappa shape index (κ2) is 33.4. The van der Waals surface area contributed by atoms with Crippen LogP contribution in [0.4, 0.5) is 106 Å². The lowest BCUT2D eigenvalue weighted by molar-refractivity contribution is -0.138. The maximum Gasteiger partial charge on any atom is 0.416 e. The number of nitrogens with one attached hydrogen (secondary N) is 3. The summed E-state index contributed by atoms with van der Waals surface area (Å²) in [5, 5.41) is 63.5. The van der Waals surface area contributed by atoms with Gasteiger partial charge in [-0.3, -0.25) is 30.0 Å². The van der Waals surface area contributed by atoms with Crippen LogP contribution in [0.3, 0.4) is 0 Å². The van der Waals surface area contributed by atoms with Crippen LogP contribution < -0.4 is 59.6 Å². The molecular weight excluding hydrogens is 1520 g/mol. The van der Waals surface area contributed by atoms with Crippen LogP contribution in [0, 0.1) is 20.8 Å². The van der Waals surface area contributed by atoms with Crippen molar-refractivity contribution < 1.29 is 98.7 Å². The van der Waals surface area contributed by atoms with Gasteiger partial charge in [0.05, 0.1) is 108 Å². The smallest absolute Gasteiger partial charge is 0.416 e. The monoisotopic (exact) mass is 1590 g/mol. The number of aryl methyl sites for hydroxylation is 3. The molecule has 40 heteroatoms. The molecule has 3 aromatic carbocycles. The second-order valence-electron chi connectivity index (χ2n) is 27.2. The van der Waals surface area contributed by atoms with E-state index in [0.29, 0.717) is 116 Å². The number of hydrogen-bond donors (Lipinski definition) is 9. The fraction of sp³-hybridized carbons (Fsp3) is 0.365. The largest absolute Gasteiger partial charge is 0.489 e. The molecule has 6 aliphatic heterocycles. The second-order valence-corrected chi connectivity index (χ2v) is 27.2. The Morgan fingerprint density at radius 3 is 1.14 bits per heavy atom. The summed E-state index contributed by atoms with van der Waals surface area (Å²) >= 11 is 0. The van der Waals surface area contributed by atoms with E-state index in [-0.39, 0.29) is 101 Å². The van der Waals surface area contributed by atoms with Gasteiger partial charge in [-0.05, 0) is 76.4 Å². The molecule has 0 radical (unpaired) electrons. The van der Waals surface area contributed by atoms with E-state index in [1.54, 1.807) is 20.8 Å². The summed E-state index contributed by atoms with van der Waals surface area (Å²) in [6.07, 6.45) is -7.70. The number of amides is 6. The molecule has 15 rings (SSSR count). The van der Waals surface area contributed by atoms with Crippen molar-refractivity contribution in [3.63, 3.8) is 0 Å². The van der Waals surface area contributed by atoms with Crippen LogP contribution in [0.1, 0.15) is 53.0 Å². The SMILES string of the molecule is Cc1nc(-c2cccc(C(F)(F)F)c2)nc2c1N1CC[C@@H](C1)N2C(=O)Nc1cncc(OC[C@@H](O)CO)c1.Cc1nc(-c2cccc(C(F)(F)F)c2)nc2c1N1CC[C@@H](C1)N2C(=O)Nc1cncc(OC[C@H](O)CO)c1.Cc1nc(-c2cccc(C(F)(F)F)c2)nc2c1N1CC[C@@H](C1)N2C(=O)Nc1nccc(OC[C@@H](O)CO)n1. The van der Waals surface area contributed by atoms with Gasteiger partial charge in [-0.25, -0.2) is 49.3 Å². The zero-order valence-electron chi connectivity index (χ0n) is 60.8. The molecule has 3 saturated heterocycles. The number of carbonyl (C=O) groups excluding carboxylic acids is 3. The lowest BCUT2D eigenvalue weighted by Crippen LogP contribution is -2.48. The highest BCUT2D eigenvalue weighted by Crippen LogP contribution is 2.47. The molecule has 6 aromatic heterocycles. The zero-order chi connectivity index (χ0) is 81.1. The number of benzene rings is 3. The van der Waals surface area contributed by atoms with Crippen LogP contribution in [0.15, 0.2) is 122 Å². The zero-order valence-corrected chi connectivity index (χ0v) is 60.8. The molecule has 0 unspecified atom stereocenters. The molecule has 0 aliphatic carbocycles. The number of rotatable bonds is 18. The highest BCUT2D eigenvalue weighted by molar-refractivity contribution is 6.07. The number of urea groups is 3. The van der Waals surface area contributed by atoms with Crippen LogP contribution in [0.2, 0.25) is 0 Å². The molecule has 600 valence electrons. The molecule has 9 N–H and O–H groups in total. The minimum atomic E-state index is -4.52. The quantitative estimate of drug-likeness (QED) is 0.0361. The van der Waals surface area contributed by atoms with Crippen LogP contribution in [0.5, 0.6) is 17.4 Å². The number of anilines is 9. The van der Waals surface area contributed by atoms with E-state index in [1.807, 2.05) is 0 Å². The van der Waals surface area contributed by atoms with Crippen molar-refractivity contribution in [2.24, 2.45) is 0 Å². The molecule has 0 spiro atoms. The van der Waals surface area contributed by atoms with Gasteiger partial charge in [-0.1, -0.05) is 36.4 Å². The van der Waals surface area contributed by atoms with Gasteiger partial charge in [0, 0.05) is 80.4 Å². The topological polar surface area (TPSA) is 385 Å². The number of nitrogens with zero attached hydrogens (tertiary/aromatic N) is 16. The Morgan fingerprint density at radius 2 is 0.798 bits per heavy atom. The van der Waals surface area contributed by atoms with Crippen molar-refractivity contribution in [2.75, 3.05) is 124 Å². The molecule has 12 heterocycles. The number of aromatic nitrogens is 10. The molecule has 9 aromatic rings. The van der Waals surface area contributed by atoms with Gasteiger partial charge in [0.25, 0.3) is 0 Å². The number of aliphatic hydroxyl groups excluding tert-OH is 6. The standard InChI is InChI=1S/2C25H25F3N6O4.C24H24F3N7O4/c2*1-14-21-23(32-22(30-14)15-3-2-4-16(7-15)25(26,27)28)34(18-5-6-33(21)11-18)24(37)31-17-8-20(10-29-9-17)38-13-19(36)12-35;1-13-19-21(31-20(29-13)14-3-2-4-15(9-14)24(25,26)27)34(16-6-8-33(19)10-16)23(37)32-22-28-7-5-18(30-22)38-12-17(36)11-35/h2*2-4,7-10,18-19,35-36H,5-6,11-13H2,1H3,(H,31,37);2-5,7,9,16-17,35-36H,6,8,10-12H2,1H3,(H,28,30,32,37)/t18-,19+;18-,19-;16-,17-/m000/s1. The first-order chi connectivity index (χ1) is 54.4. The predicted molar refractivity (Wildman–Crippen MR) is 394 cm³/mol. The molecule has 0 saturated carbocycles. The molecular formula is C74H74F9N19O12. The number of carbonyl (C=O) groups is 3. The Hall–Kier alpha value is -12.0. The van der Waals surface area contributed by atoms with E-state index in [9.17, 15) is 69.2 Å². The third-order valence-corrected chi connectivity index (χ3v) is 19.1. The fourth-order valence-corrected chi connectivity index (χ4v) is 13.8. The van der Waals surface area contributed by atoms with Crippen molar-refractivity contribution in [2.45, 2.75) is 95.0 Å². The molecule has 6 bridgehead atoms. The van der Waals surface area contributed by atoms with Gasteiger partial charge in [0.2, 0.25) is 11.8 Å². The Balaban J connectivity index is 0.000000149. The number of fused-ring (bicyclic) bond motifs is 12. The summed E-state index contributed by atoms with van der Waals surface area (Å²) in [7, 11) is 0. The molecule has 6 atom stereocenters. The van der Waals surface area contributed by atoms with E-state index in [4.69, 9.17) is 29.5 Å². The number of hydrogen-bond acceptors (Lipinski definition) is 25. The fourth-order valence-electron chi connectivity index (χ4n) is 13.8. The van der Waals surface area contributed by atoms with E-state index < -0.39 is 91.4 Å². The van der Waals surface area contributed by atoms with Crippen molar-refractivity contribution >= 4 is 69.9 Å². The van der Waals surface area contributed by atoms with Gasteiger partial charge in [-0.2, -0.15) is 44.5 Å². The molecule has 6 amide bonds. The average Bonchev–Trinajstić information content (AvgIpc) is 1.50. The van der Waals surface area contributed by atoms with Gasteiger partial charge in [0.1, 0.15) is 66.7 Å².